The van der Waals surface area contributed by atoms with Crippen molar-refractivity contribution >= 4 is 17.2 Å². The van der Waals surface area contributed by atoms with Crippen molar-refractivity contribution in [2.75, 3.05) is 6.54 Å². The van der Waals surface area contributed by atoms with Crippen LogP contribution >= 0.6 is 11.3 Å². The quantitative estimate of drug-likeness (QED) is 0.797. The lowest BCUT2D eigenvalue weighted by molar-refractivity contribution is -0.120. The molecule has 1 amide bonds. The zero-order chi connectivity index (χ0) is 11.3. The maximum atomic E-state index is 11.3. The van der Waals surface area contributed by atoms with Gasteiger partial charge in [0.15, 0.2) is 0 Å². The van der Waals surface area contributed by atoms with Gasteiger partial charge >= 0.3 is 0 Å². The predicted octanol–water partition coefficient (Wildman–Crippen LogP) is 1.32. The van der Waals surface area contributed by atoms with Crippen molar-refractivity contribution in [2.24, 2.45) is 0 Å². The molecule has 0 saturated heterocycles. The van der Waals surface area contributed by atoms with E-state index in [2.05, 4.69) is 15.6 Å². The molecule has 0 bridgehead atoms. The average Bonchev–Trinajstić information content (AvgIpc) is 2.65. The highest BCUT2D eigenvalue weighted by Gasteiger charge is 2.09. The number of rotatable bonds is 5. The molecule has 84 valence electrons. The van der Waals surface area contributed by atoms with Crippen molar-refractivity contribution in [3.05, 3.63) is 16.6 Å². The van der Waals surface area contributed by atoms with Crippen LogP contribution in [0.2, 0.25) is 0 Å². The summed E-state index contributed by atoms with van der Waals surface area (Å²) in [5.41, 5.74) is 2.78. The van der Waals surface area contributed by atoms with Crippen molar-refractivity contribution in [1.29, 1.82) is 0 Å². The van der Waals surface area contributed by atoms with Gasteiger partial charge in [-0.2, -0.15) is 0 Å². The Morgan fingerprint density at radius 2 is 2.27 bits per heavy atom. The molecule has 15 heavy (non-hydrogen) atoms. The molecule has 0 fully saturated rings. The fraction of sp³-hybridized carbons (Fsp3) is 0.600. The van der Waals surface area contributed by atoms with Crippen molar-refractivity contribution < 1.29 is 4.79 Å². The molecule has 4 nitrogen and oxygen atoms in total. The molecule has 0 saturated carbocycles. The summed E-state index contributed by atoms with van der Waals surface area (Å²) >= 11 is 1.56. The number of nitrogens with one attached hydrogen (secondary N) is 2. The fourth-order valence-electron chi connectivity index (χ4n) is 1.16. The molecule has 0 radical (unpaired) electrons. The van der Waals surface area contributed by atoms with Crippen LogP contribution in [-0.2, 0) is 4.79 Å². The van der Waals surface area contributed by atoms with Crippen molar-refractivity contribution in [1.82, 2.24) is 15.6 Å². The van der Waals surface area contributed by atoms with E-state index in [1.807, 2.05) is 26.2 Å². The lowest BCUT2D eigenvalue weighted by Gasteiger charge is -2.12. The molecule has 0 aliphatic heterocycles. The maximum absolute atomic E-state index is 11.3. The van der Waals surface area contributed by atoms with Crippen LogP contribution in [0, 0.1) is 0 Å². The Labute approximate surface area is 94.1 Å². The Hall–Kier alpha value is -0.940. The van der Waals surface area contributed by atoms with E-state index in [0.29, 0.717) is 6.54 Å². The molecule has 0 aliphatic rings. The van der Waals surface area contributed by atoms with Gasteiger partial charge in [-0.1, -0.05) is 0 Å². The van der Waals surface area contributed by atoms with E-state index in [1.165, 1.54) is 0 Å². The highest BCUT2D eigenvalue weighted by Crippen LogP contribution is 2.10. The number of amides is 1. The third-order valence-electron chi connectivity index (χ3n) is 1.91. The third-order valence-corrected chi connectivity index (χ3v) is 2.52. The first kappa shape index (κ1) is 12.1. The Kier molecular flexibility index (Phi) is 4.71. The smallest absolute Gasteiger partial charge is 0.234 e. The standard InChI is InChI=1S/C10H17N3OS/c1-7(2)13-10(14)4-11-8(3)9-5-15-6-12-9/h5-8,11H,4H2,1-3H3,(H,13,14). The van der Waals surface area contributed by atoms with Gasteiger partial charge in [-0.3, -0.25) is 4.79 Å². The Morgan fingerprint density at radius 3 is 2.80 bits per heavy atom. The zero-order valence-corrected chi connectivity index (χ0v) is 10.1. The zero-order valence-electron chi connectivity index (χ0n) is 9.28. The topological polar surface area (TPSA) is 54.0 Å². The van der Waals surface area contributed by atoms with Gasteiger partial charge in [0, 0.05) is 17.5 Å². The summed E-state index contributed by atoms with van der Waals surface area (Å²) in [6, 6.07) is 0.308. The normalized spacial score (nSPS) is 12.8. The summed E-state index contributed by atoms with van der Waals surface area (Å²) in [4.78, 5) is 15.5. The number of hydrogen-bond acceptors (Lipinski definition) is 4. The summed E-state index contributed by atoms with van der Waals surface area (Å²) in [6.07, 6.45) is 0. The largest absolute Gasteiger partial charge is 0.353 e. The van der Waals surface area contributed by atoms with Crippen LogP contribution in [0.15, 0.2) is 10.9 Å². The summed E-state index contributed by atoms with van der Waals surface area (Å²) in [5, 5.41) is 7.93. The second-order valence-electron chi connectivity index (χ2n) is 3.74. The second-order valence-corrected chi connectivity index (χ2v) is 4.46. The molecule has 1 atom stereocenters. The molecule has 2 N–H and O–H groups in total. The molecule has 1 rings (SSSR count). The van der Waals surface area contributed by atoms with Crippen LogP contribution in [0.5, 0.6) is 0 Å². The summed E-state index contributed by atoms with van der Waals surface area (Å²) in [5.74, 6) is 0.0204. The van der Waals surface area contributed by atoms with Crippen molar-refractivity contribution in [3.63, 3.8) is 0 Å². The van der Waals surface area contributed by atoms with E-state index in [9.17, 15) is 4.79 Å². The van der Waals surface area contributed by atoms with Gasteiger partial charge in [0.25, 0.3) is 0 Å². The summed E-state index contributed by atoms with van der Waals surface area (Å²) in [7, 11) is 0. The second kappa shape index (κ2) is 5.82. The SMILES string of the molecule is CC(C)NC(=O)CNC(C)c1cscn1. The number of aromatic nitrogens is 1. The predicted molar refractivity (Wildman–Crippen MR) is 61.8 cm³/mol. The maximum Gasteiger partial charge on any atom is 0.234 e. The van der Waals surface area contributed by atoms with Crippen LogP contribution in [0.4, 0.5) is 0 Å². The van der Waals surface area contributed by atoms with Gasteiger partial charge in [0.05, 0.1) is 17.7 Å². The first-order chi connectivity index (χ1) is 7.09. The number of carbonyl (C=O) groups is 1. The van der Waals surface area contributed by atoms with E-state index in [0.717, 1.165) is 5.69 Å². The van der Waals surface area contributed by atoms with Gasteiger partial charge in [-0.25, -0.2) is 4.98 Å². The van der Waals surface area contributed by atoms with Gasteiger partial charge in [-0.15, -0.1) is 11.3 Å². The van der Waals surface area contributed by atoms with E-state index in [1.54, 1.807) is 16.8 Å². The molecule has 0 aromatic carbocycles. The van der Waals surface area contributed by atoms with Crippen LogP contribution in [0.1, 0.15) is 32.5 Å². The molecule has 0 aliphatic carbocycles. The molecular weight excluding hydrogens is 210 g/mol. The number of hydrogen-bond donors (Lipinski definition) is 2. The minimum Gasteiger partial charge on any atom is -0.353 e. The Bertz CT molecular complexity index is 298. The first-order valence-electron chi connectivity index (χ1n) is 5.00. The van der Waals surface area contributed by atoms with Crippen molar-refractivity contribution in [3.8, 4) is 0 Å². The fourth-order valence-corrected chi connectivity index (χ4v) is 1.81. The van der Waals surface area contributed by atoms with Gasteiger partial charge in [0.1, 0.15) is 0 Å². The van der Waals surface area contributed by atoms with Gasteiger partial charge < -0.3 is 10.6 Å². The minimum atomic E-state index is 0.0204. The molecule has 1 aromatic heterocycles. The Morgan fingerprint density at radius 1 is 1.53 bits per heavy atom. The molecule has 1 heterocycles. The van der Waals surface area contributed by atoms with Crippen LogP contribution in [0.25, 0.3) is 0 Å². The molecule has 0 spiro atoms. The van der Waals surface area contributed by atoms with Crippen LogP contribution in [-0.4, -0.2) is 23.5 Å². The highest BCUT2D eigenvalue weighted by molar-refractivity contribution is 7.07. The number of carbonyl (C=O) groups excluding carboxylic acids is 1. The van der Waals surface area contributed by atoms with E-state index >= 15 is 0 Å². The average molecular weight is 227 g/mol. The summed E-state index contributed by atoms with van der Waals surface area (Å²) < 4.78 is 0. The summed E-state index contributed by atoms with van der Waals surface area (Å²) in [6.45, 7) is 6.22. The van der Waals surface area contributed by atoms with Gasteiger partial charge in [0.2, 0.25) is 5.91 Å². The number of nitrogens with zero attached hydrogens (tertiary/aromatic N) is 1. The van der Waals surface area contributed by atoms with E-state index in [4.69, 9.17) is 0 Å². The lowest BCUT2D eigenvalue weighted by Crippen LogP contribution is -2.38. The minimum absolute atomic E-state index is 0.0204. The van der Waals surface area contributed by atoms with Crippen LogP contribution < -0.4 is 10.6 Å². The third kappa shape index (κ3) is 4.40. The molecule has 1 aromatic rings. The van der Waals surface area contributed by atoms with E-state index < -0.39 is 0 Å². The van der Waals surface area contributed by atoms with Gasteiger partial charge in [-0.05, 0) is 20.8 Å². The lowest BCUT2D eigenvalue weighted by atomic mass is 10.2. The van der Waals surface area contributed by atoms with Crippen LogP contribution in [0.3, 0.4) is 0 Å². The molecular formula is C10H17N3OS. The molecule has 5 heteroatoms. The molecule has 1 unspecified atom stereocenters. The first-order valence-corrected chi connectivity index (χ1v) is 5.94. The highest BCUT2D eigenvalue weighted by atomic mass is 32.1. The monoisotopic (exact) mass is 227 g/mol. The van der Waals surface area contributed by atoms with Crippen molar-refractivity contribution in [2.45, 2.75) is 32.9 Å². The number of thiazole rings is 1. The Balaban J connectivity index is 2.28. The van der Waals surface area contributed by atoms with E-state index in [-0.39, 0.29) is 18.0 Å².